The molecule has 1 N–H and O–H groups in total. The van der Waals surface area contributed by atoms with Crippen LogP contribution in [-0.2, 0) is 11.2 Å². The zero-order valence-corrected chi connectivity index (χ0v) is 13.5. The Balaban J connectivity index is 1.68. The third kappa shape index (κ3) is 3.73. The molecule has 1 aliphatic carbocycles. The summed E-state index contributed by atoms with van der Waals surface area (Å²) in [6, 6.07) is 18.0. The molecule has 0 heterocycles. The standard InChI is InChI=1S/C20H23NO2/c1-2-19(23-16-11-4-3-5-12-16)20(22)21-18-14-8-10-15-9-6-7-13-17(15)18/h3-7,9,11-13,18-19H,2,8,10,14H2,1H3,(H,21,22)/t18-,19+/m1/s1. The van der Waals surface area contributed by atoms with Crippen molar-refractivity contribution in [2.45, 2.75) is 44.8 Å². The van der Waals surface area contributed by atoms with Crippen molar-refractivity contribution in [2.75, 3.05) is 0 Å². The number of fused-ring (bicyclic) bond motifs is 1. The van der Waals surface area contributed by atoms with Gasteiger partial charge in [0.05, 0.1) is 6.04 Å². The van der Waals surface area contributed by atoms with Crippen LogP contribution in [0, 0.1) is 0 Å². The first-order chi connectivity index (χ1) is 11.3. The maximum atomic E-state index is 12.6. The molecule has 0 unspecified atom stereocenters. The van der Waals surface area contributed by atoms with Crippen molar-refractivity contribution in [1.82, 2.24) is 5.32 Å². The first-order valence-electron chi connectivity index (χ1n) is 8.38. The number of rotatable bonds is 5. The summed E-state index contributed by atoms with van der Waals surface area (Å²) in [6.45, 7) is 1.97. The van der Waals surface area contributed by atoms with Crippen molar-refractivity contribution in [3.63, 3.8) is 0 Å². The minimum absolute atomic E-state index is 0.0296. The second-order valence-corrected chi connectivity index (χ2v) is 5.98. The number of para-hydroxylation sites is 1. The lowest BCUT2D eigenvalue weighted by Gasteiger charge is -2.28. The van der Waals surface area contributed by atoms with Crippen molar-refractivity contribution in [1.29, 1.82) is 0 Å². The van der Waals surface area contributed by atoms with E-state index in [9.17, 15) is 4.79 Å². The Kier molecular flexibility index (Phi) is 4.96. The highest BCUT2D eigenvalue weighted by Crippen LogP contribution is 2.29. The van der Waals surface area contributed by atoms with E-state index in [0.29, 0.717) is 6.42 Å². The molecule has 23 heavy (non-hydrogen) atoms. The third-order valence-corrected chi connectivity index (χ3v) is 4.37. The number of amides is 1. The van der Waals surface area contributed by atoms with Crippen molar-refractivity contribution >= 4 is 5.91 Å². The fourth-order valence-electron chi connectivity index (χ4n) is 3.15. The average molecular weight is 309 g/mol. The van der Waals surface area contributed by atoms with Crippen LogP contribution in [0.3, 0.4) is 0 Å². The van der Waals surface area contributed by atoms with E-state index in [2.05, 4.69) is 23.5 Å². The molecule has 0 saturated heterocycles. The van der Waals surface area contributed by atoms with Gasteiger partial charge in [0.1, 0.15) is 5.75 Å². The van der Waals surface area contributed by atoms with Gasteiger partial charge in [-0.25, -0.2) is 0 Å². The fourth-order valence-corrected chi connectivity index (χ4v) is 3.15. The van der Waals surface area contributed by atoms with Crippen LogP contribution in [0.15, 0.2) is 54.6 Å². The number of nitrogens with one attached hydrogen (secondary N) is 1. The molecule has 2 atom stereocenters. The predicted molar refractivity (Wildman–Crippen MR) is 91.4 cm³/mol. The lowest BCUT2D eigenvalue weighted by atomic mass is 9.87. The Morgan fingerprint density at radius 3 is 2.70 bits per heavy atom. The zero-order valence-electron chi connectivity index (χ0n) is 13.5. The van der Waals surface area contributed by atoms with Gasteiger partial charge in [0, 0.05) is 0 Å². The van der Waals surface area contributed by atoms with Crippen LogP contribution in [0.5, 0.6) is 5.75 Å². The van der Waals surface area contributed by atoms with Crippen molar-refractivity contribution in [3.8, 4) is 5.75 Å². The molecule has 120 valence electrons. The molecule has 2 aromatic carbocycles. The number of ether oxygens (including phenoxy) is 1. The monoisotopic (exact) mass is 309 g/mol. The van der Waals surface area contributed by atoms with Gasteiger partial charge in [0.15, 0.2) is 6.10 Å². The van der Waals surface area contributed by atoms with E-state index in [0.717, 1.165) is 25.0 Å². The summed E-state index contributed by atoms with van der Waals surface area (Å²) in [4.78, 5) is 12.6. The van der Waals surface area contributed by atoms with E-state index in [1.54, 1.807) is 0 Å². The normalized spacial score (nSPS) is 17.9. The largest absolute Gasteiger partial charge is 0.481 e. The minimum Gasteiger partial charge on any atom is -0.481 e. The van der Waals surface area contributed by atoms with E-state index in [4.69, 9.17) is 4.74 Å². The van der Waals surface area contributed by atoms with Crippen LogP contribution >= 0.6 is 0 Å². The van der Waals surface area contributed by atoms with Crippen molar-refractivity contribution < 1.29 is 9.53 Å². The molecule has 0 aliphatic heterocycles. The maximum absolute atomic E-state index is 12.6. The lowest BCUT2D eigenvalue weighted by Crippen LogP contribution is -2.40. The number of hydrogen-bond acceptors (Lipinski definition) is 2. The summed E-state index contributed by atoms with van der Waals surface area (Å²) < 4.78 is 5.84. The van der Waals surface area contributed by atoms with E-state index in [1.165, 1.54) is 11.1 Å². The van der Waals surface area contributed by atoms with Crippen LogP contribution in [0.2, 0.25) is 0 Å². The van der Waals surface area contributed by atoms with Gasteiger partial charge < -0.3 is 10.1 Å². The molecular weight excluding hydrogens is 286 g/mol. The molecule has 0 aromatic heterocycles. The number of benzene rings is 2. The van der Waals surface area contributed by atoms with Crippen LogP contribution < -0.4 is 10.1 Å². The summed E-state index contributed by atoms with van der Waals surface area (Å²) in [7, 11) is 0. The molecular formula is C20H23NO2. The van der Waals surface area contributed by atoms with Gasteiger partial charge in [-0.15, -0.1) is 0 Å². The molecule has 3 nitrogen and oxygen atoms in total. The Hall–Kier alpha value is -2.29. The molecule has 0 saturated carbocycles. The molecule has 3 heteroatoms. The van der Waals surface area contributed by atoms with E-state index in [-0.39, 0.29) is 11.9 Å². The van der Waals surface area contributed by atoms with Gasteiger partial charge >= 0.3 is 0 Å². The highest BCUT2D eigenvalue weighted by Gasteiger charge is 2.25. The highest BCUT2D eigenvalue weighted by atomic mass is 16.5. The second-order valence-electron chi connectivity index (χ2n) is 5.98. The minimum atomic E-state index is -0.452. The Labute approximate surface area is 137 Å². The Morgan fingerprint density at radius 1 is 1.17 bits per heavy atom. The van der Waals surface area contributed by atoms with E-state index in [1.807, 2.05) is 43.3 Å². The fraction of sp³-hybridized carbons (Fsp3) is 0.350. The molecule has 1 aliphatic rings. The highest BCUT2D eigenvalue weighted by molar-refractivity contribution is 5.81. The molecule has 0 bridgehead atoms. The maximum Gasteiger partial charge on any atom is 0.261 e. The number of carbonyl (C=O) groups excluding carboxylic acids is 1. The quantitative estimate of drug-likeness (QED) is 0.905. The van der Waals surface area contributed by atoms with Crippen LogP contribution in [0.4, 0.5) is 0 Å². The Bertz CT molecular complexity index is 654. The zero-order chi connectivity index (χ0) is 16.1. The molecule has 0 radical (unpaired) electrons. The van der Waals surface area contributed by atoms with Crippen LogP contribution in [0.1, 0.15) is 43.4 Å². The Morgan fingerprint density at radius 2 is 1.91 bits per heavy atom. The van der Waals surface area contributed by atoms with Gasteiger partial charge in [-0.2, -0.15) is 0 Å². The number of aryl methyl sites for hydroxylation is 1. The average Bonchev–Trinajstić information content (AvgIpc) is 2.61. The van der Waals surface area contributed by atoms with Gasteiger partial charge in [0.25, 0.3) is 5.91 Å². The second kappa shape index (κ2) is 7.32. The predicted octanol–water partition coefficient (Wildman–Crippen LogP) is 4.04. The topological polar surface area (TPSA) is 38.3 Å². The summed E-state index contributed by atoms with van der Waals surface area (Å²) in [6.07, 6.45) is 3.39. The smallest absolute Gasteiger partial charge is 0.261 e. The van der Waals surface area contributed by atoms with E-state index < -0.39 is 6.10 Å². The first-order valence-corrected chi connectivity index (χ1v) is 8.38. The number of hydrogen-bond donors (Lipinski definition) is 1. The van der Waals surface area contributed by atoms with Gasteiger partial charge in [-0.1, -0.05) is 49.4 Å². The summed E-state index contributed by atoms with van der Waals surface area (Å²) >= 11 is 0. The summed E-state index contributed by atoms with van der Waals surface area (Å²) in [5, 5.41) is 3.18. The molecule has 1 amide bonds. The first kappa shape index (κ1) is 15.6. The van der Waals surface area contributed by atoms with E-state index >= 15 is 0 Å². The molecule has 3 rings (SSSR count). The van der Waals surface area contributed by atoms with Crippen LogP contribution in [-0.4, -0.2) is 12.0 Å². The summed E-state index contributed by atoms with van der Waals surface area (Å²) in [5.41, 5.74) is 2.60. The molecule has 0 fully saturated rings. The van der Waals surface area contributed by atoms with Crippen molar-refractivity contribution in [2.24, 2.45) is 0 Å². The van der Waals surface area contributed by atoms with Crippen LogP contribution in [0.25, 0.3) is 0 Å². The molecule has 0 spiro atoms. The third-order valence-electron chi connectivity index (χ3n) is 4.37. The van der Waals surface area contributed by atoms with Crippen molar-refractivity contribution in [3.05, 3.63) is 65.7 Å². The van der Waals surface area contributed by atoms with Gasteiger partial charge in [0.2, 0.25) is 0 Å². The lowest BCUT2D eigenvalue weighted by molar-refractivity contribution is -0.129. The summed E-state index contributed by atoms with van der Waals surface area (Å²) in [5.74, 6) is 0.705. The molecule has 2 aromatic rings. The SMILES string of the molecule is CC[C@H](Oc1ccccc1)C(=O)N[C@@H]1CCCc2ccccc21. The van der Waals surface area contributed by atoms with Gasteiger partial charge in [-0.05, 0) is 48.9 Å². The number of carbonyl (C=O) groups is 1. The van der Waals surface area contributed by atoms with Gasteiger partial charge in [-0.3, -0.25) is 4.79 Å².